The predicted molar refractivity (Wildman–Crippen MR) is 104 cm³/mol. The van der Waals surface area contributed by atoms with Gasteiger partial charge in [0, 0.05) is 32.5 Å². The van der Waals surface area contributed by atoms with Gasteiger partial charge in [0.2, 0.25) is 0 Å². The molecule has 0 radical (unpaired) electrons. The van der Waals surface area contributed by atoms with Crippen molar-refractivity contribution in [2.24, 2.45) is 0 Å². The zero-order valence-electron chi connectivity index (χ0n) is 14.2. The van der Waals surface area contributed by atoms with E-state index in [0.717, 1.165) is 24.5 Å². The molecule has 0 unspecified atom stereocenters. The lowest BCUT2D eigenvalue weighted by atomic mass is 10.1. The van der Waals surface area contributed by atoms with Gasteiger partial charge in [-0.2, -0.15) is 0 Å². The molecule has 0 aliphatic carbocycles. The zero-order valence-corrected chi connectivity index (χ0v) is 15.0. The second-order valence-electron chi connectivity index (χ2n) is 5.97. The van der Waals surface area contributed by atoms with Crippen molar-refractivity contribution in [2.45, 2.75) is 13.0 Å². The summed E-state index contributed by atoms with van der Waals surface area (Å²) in [7, 11) is 4.11. The largest absolute Gasteiger partial charge is 0.378 e. The highest BCUT2D eigenvalue weighted by Gasteiger charge is 2.05. The summed E-state index contributed by atoms with van der Waals surface area (Å²) in [6.07, 6.45) is 3.02. The Balaban J connectivity index is 1.52. The SMILES string of the molecule is CN(C)c1ccc(-c2cnc(CNCCc3ccccc3)s2)cc1. The maximum Gasteiger partial charge on any atom is 0.107 e. The highest BCUT2D eigenvalue weighted by molar-refractivity contribution is 7.15. The predicted octanol–water partition coefficient (Wildman–Crippen LogP) is 4.21. The van der Waals surface area contributed by atoms with Crippen LogP contribution in [-0.2, 0) is 13.0 Å². The topological polar surface area (TPSA) is 28.2 Å². The van der Waals surface area contributed by atoms with E-state index in [-0.39, 0.29) is 0 Å². The number of rotatable bonds is 7. The fourth-order valence-electron chi connectivity index (χ4n) is 2.52. The fraction of sp³-hybridized carbons (Fsp3) is 0.250. The smallest absolute Gasteiger partial charge is 0.107 e. The van der Waals surface area contributed by atoms with Gasteiger partial charge in [-0.3, -0.25) is 0 Å². The molecule has 0 fully saturated rings. The van der Waals surface area contributed by atoms with Gasteiger partial charge in [0.05, 0.1) is 4.88 Å². The third kappa shape index (κ3) is 4.43. The van der Waals surface area contributed by atoms with Gasteiger partial charge < -0.3 is 10.2 Å². The molecular weight excluding hydrogens is 314 g/mol. The maximum absolute atomic E-state index is 4.54. The summed E-state index contributed by atoms with van der Waals surface area (Å²) in [5.74, 6) is 0. The molecule has 24 heavy (non-hydrogen) atoms. The van der Waals surface area contributed by atoms with Crippen LogP contribution in [0.25, 0.3) is 10.4 Å². The first-order chi connectivity index (χ1) is 11.7. The summed E-state index contributed by atoms with van der Waals surface area (Å²) in [6.45, 7) is 1.80. The number of hydrogen-bond acceptors (Lipinski definition) is 4. The number of nitrogens with one attached hydrogen (secondary N) is 1. The lowest BCUT2D eigenvalue weighted by Crippen LogP contribution is -2.16. The minimum Gasteiger partial charge on any atom is -0.378 e. The first-order valence-electron chi connectivity index (χ1n) is 8.19. The van der Waals surface area contributed by atoms with Gasteiger partial charge in [0.1, 0.15) is 5.01 Å². The molecule has 124 valence electrons. The van der Waals surface area contributed by atoms with Crippen LogP contribution in [0.5, 0.6) is 0 Å². The Hall–Kier alpha value is -2.17. The van der Waals surface area contributed by atoms with Crippen LogP contribution >= 0.6 is 11.3 Å². The van der Waals surface area contributed by atoms with Crippen LogP contribution in [0.2, 0.25) is 0 Å². The Morgan fingerprint density at radius 2 is 1.75 bits per heavy atom. The van der Waals surface area contributed by atoms with E-state index in [1.54, 1.807) is 11.3 Å². The Morgan fingerprint density at radius 1 is 1.00 bits per heavy atom. The first kappa shape index (κ1) is 16.7. The number of nitrogens with zero attached hydrogens (tertiary/aromatic N) is 2. The molecule has 0 bridgehead atoms. The quantitative estimate of drug-likeness (QED) is 0.655. The molecule has 1 heterocycles. The summed E-state index contributed by atoms with van der Waals surface area (Å²) >= 11 is 1.76. The van der Waals surface area contributed by atoms with E-state index in [1.807, 2.05) is 6.20 Å². The second-order valence-corrected chi connectivity index (χ2v) is 7.09. The molecule has 0 aliphatic rings. The minimum atomic E-state index is 0.827. The van der Waals surface area contributed by atoms with Crippen LogP contribution in [0.3, 0.4) is 0 Å². The van der Waals surface area contributed by atoms with E-state index >= 15 is 0 Å². The fourth-order valence-corrected chi connectivity index (χ4v) is 3.41. The van der Waals surface area contributed by atoms with Crippen LogP contribution in [0.15, 0.2) is 60.8 Å². The number of benzene rings is 2. The molecule has 0 saturated heterocycles. The molecule has 0 saturated carbocycles. The first-order valence-corrected chi connectivity index (χ1v) is 9.01. The Kier molecular flexibility index (Phi) is 5.62. The second kappa shape index (κ2) is 8.08. The van der Waals surface area contributed by atoms with E-state index in [4.69, 9.17) is 0 Å². The van der Waals surface area contributed by atoms with Crippen LogP contribution in [0.1, 0.15) is 10.6 Å². The van der Waals surface area contributed by atoms with Crippen LogP contribution in [0.4, 0.5) is 5.69 Å². The van der Waals surface area contributed by atoms with Gasteiger partial charge in [0.25, 0.3) is 0 Å². The van der Waals surface area contributed by atoms with Crippen molar-refractivity contribution >= 4 is 17.0 Å². The van der Waals surface area contributed by atoms with Gasteiger partial charge in [-0.1, -0.05) is 42.5 Å². The van der Waals surface area contributed by atoms with E-state index in [9.17, 15) is 0 Å². The van der Waals surface area contributed by atoms with E-state index in [2.05, 4.69) is 83.9 Å². The lowest BCUT2D eigenvalue weighted by molar-refractivity contribution is 0.684. The standard InChI is InChI=1S/C20H23N3S/c1-23(2)18-10-8-17(9-11-18)19-14-22-20(24-19)15-21-13-12-16-6-4-3-5-7-16/h3-11,14,21H,12-13,15H2,1-2H3. The van der Waals surface area contributed by atoms with Crippen molar-refractivity contribution in [3.8, 4) is 10.4 Å². The number of anilines is 1. The Labute approximate surface area is 148 Å². The highest BCUT2D eigenvalue weighted by atomic mass is 32.1. The van der Waals surface area contributed by atoms with Crippen molar-refractivity contribution in [3.63, 3.8) is 0 Å². The number of aromatic nitrogens is 1. The molecule has 2 aromatic carbocycles. The third-order valence-corrected chi connectivity index (χ3v) is 4.98. The van der Waals surface area contributed by atoms with Gasteiger partial charge in [-0.25, -0.2) is 4.98 Å². The average molecular weight is 337 g/mol. The van der Waals surface area contributed by atoms with Crippen molar-refractivity contribution in [1.29, 1.82) is 0 Å². The Bertz CT molecular complexity index is 748. The van der Waals surface area contributed by atoms with E-state index < -0.39 is 0 Å². The average Bonchev–Trinajstić information content (AvgIpc) is 3.09. The van der Waals surface area contributed by atoms with Crippen molar-refractivity contribution in [3.05, 3.63) is 71.4 Å². The third-order valence-electron chi connectivity index (χ3n) is 3.93. The molecule has 3 aromatic rings. The number of hydrogen-bond donors (Lipinski definition) is 1. The molecule has 3 rings (SSSR count). The summed E-state index contributed by atoms with van der Waals surface area (Å²) in [6, 6.07) is 19.2. The maximum atomic E-state index is 4.54. The normalized spacial score (nSPS) is 10.8. The number of thiazole rings is 1. The molecule has 1 N–H and O–H groups in total. The van der Waals surface area contributed by atoms with Crippen molar-refractivity contribution in [1.82, 2.24) is 10.3 Å². The van der Waals surface area contributed by atoms with E-state index in [0.29, 0.717) is 0 Å². The molecule has 4 heteroatoms. The van der Waals surface area contributed by atoms with Gasteiger partial charge in [-0.05, 0) is 36.2 Å². The molecule has 0 amide bonds. The summed E-state index contributed by atoms with van der Waals surface area (Å²) < 4.78 is 0. The van der Waals surface area contributed by atoms with Gasteiger partial charge in [0.15, 0.2) is 0 Å². The van der Waals surface area contributed by atoms with E-state index in [1.165, 1.54) is 21.7 Å². The highest BCUT2D eigenvalue weighted by Crippen LogP contribution is 2.27. The van der Waals surface area contributed by atoms with Gasteiger partial charge >= 0.3 is 0 Å². The summed E-state index contributed by atoms with van der Waals surface area (Å²) in [5, 5.41) is 4.61. The van der Waals surface area contributed by atoms with Crippen LogP contribution in [0, 0.1) is 0 Å². The summed E-state index contributed by atoms with van der Waals surface area (Å²) in [4.78, 5) is 7.87. The molecule has 0 aliphatic heterocycles. The van der Waals surface area contributed by atoms with Crippen LogP contribution in [-0.4, -0.2) is 25.6 Å². The molecule has 3 nitrogen and oxygen atoms in total. The monoisotopic (exact) mass is 337 g/mol. The molecule has 0 spiro atoms. The molecular formula is C20H23N3S. The van der Waals surface area contributed by atoms with Crippen molar-refractivity contribution < 1.29 is 0 Å². The van der Waals surface area contributed by atoms with Crippen molar-refractivity contribution in [2.75, 3.05) is 25.5 Å². The summed E-state index contributed by atoms with van der Waals surface area (Å²) in [5.41, 5.74) is 3.81. The van der Waals surface area contributed by atoms with Gasteiger partial charge in [-0.15, -0.1) is 11.3 Å². The minimum absolute atomic E-state index is 0.827. The zero-order chi connectivity index (χ0) is 16.8. The molecule has 0 atom stereocenters. The Morgan fingerprint density at radius 3 is 2.46 bits per heavy atom. The van der Waals surface area contributed by atoms with Crippen LogP contribution < -0.4 is 10.2 Å². The molecule has 1 aromatic heterocycles. The lowest BCUT2D eigenvalue weighted by Gasteiger charge is -2.12.